The second-order valence-corrected chi connectivity index (χ2v) is 10.5. The Morgan fingerprint density at radius 2 is 1.70 bits per heavy atom. The van der Waals surface area contributed by atoms with E-state index >= 15 is 0 Å². The number of ether oxygens (including phenoxy) is 1. The summed E-state index contributed by atoms with van der Waals surface area (Å²) in [5.74, 6) is 1.98. The molecule has 0 saturated carbocycles. The average Bonchev–Trinajstić information content (AvgIpc) is 2.75. The molecule has 0 aromatic carbocycles. The standard InChI is InChI=1S/C21H43N5O3S/c1-5-19(6-2)20(25-12-14-29-15-13-25)17-24-21(22-7-3)23-16-18-8-10-26(11-9-18)30(4,27)28/h18-20H,5-17H2,1-4H3,(H2,22,23,24). The van der Waals surface area contributed by atoms with Crippen LogP contribution >= 0.6 is 0 Å². The van der Waals surface area contributed by atoms with Crippen LogP contribution in [0.25, 0.3) is 0 Å². The van der Waals surface area contributed by atoms with Gasteiger partial charge in [0.1, 0.15) is 0 Å². The first kappa shape index (κ1) is 25.4. The number of nitrogens with zero attached hydrogens (tertiary/aromatic N) is 3. The molecule has 2 saturated heterocycles. The molecule has 0 bridgehead atoms. The number of guanidine groups is 1. The molecule has 1 atom stereocenters. The minimum absolute atomic E-state index is 0.442. The minimum Gasteiger partial charge on any atom is -0.379 e. The van der Waals surface area contributed by atoms with E-state index in [0.29, 0.717) is 31.0 Å². The molecule has 0 spiro atoms. The normalized spacial score (nSPS) is 21.7. The van der Waals surface area contributed by atoms with Crippen LogP contribution < -0.4 is 10.6 Å². The highest BCUT2D eigenvalue weighted by Crippen LogP contribution is 2.21. The first-order valence-electron chi connectivity index (χ1n) is 11.7. The Morgan fingerprint density at radius 1 is 1.07 bits per heavy atom. The molecule has 9 heteroatoms. The molecule has 0 amide bonds. The summed E-state index contributed by atoms with van der Waals surface area (Å²) < 4.78 is 30.5. The Labute approximate surface area is 183 Å². The van der Waals surface area contributed by atoms with Gasteiger partial charge >= 0.3 is 0 Å². The van der Waals surface area contributed by atoms with E-state index in [1.165, 1.54) is 6.26 Å². The smallest absolute Gasteiger partial charge is 0.211 e. The monoisotopic (exact) mass is 445 g/mol. The number of sulfonamides is 1. The molecule has 2 aliphatic rings. The number of piperidine rings is 1. The van der Waals surface area contributed by atoms with E-state index in [9.17, 15) is 8.42 Å². The molecule has 8 nitrogen and oxygen atoms in total. The zero-order valence-electron chi connectivity index (χ0n) is 19.4. The summed E-state index contributed by atoms with van der Waals surface area (Å²) in [6.07, 6.45) is 5.41. The summed E-state index contributed by atoms with van der Waals surface area (Å²) >= 11 is 0. The van der Waals surface area contributed by atoms with E-state index in [2.05, 4.69) is 36.3 Å². The average molecular weight is 446 g/mol. The van der Waals surface area contributed by atoms with Gasteiger partial charge in [0.2, 0.25) is 10.0 Å². The molecule has 2 heterocycles. The van der Waals surface area contributed by atoms with E-state index in [0.717, 1.165) is 77.6 Å². The SMILES string of the molecule is CCNC(=NCC(C(CC)CC)N1CCOCC1)NCC1CCN(S(C)(=O)=O)CC1. The zero-order valence-corrected chi connectivity index (χ0v) is 20.2. The van der Waals surface area contributed by atoms with E-state index < -0.39 is 10.0 Å². The summed E-state index contributed by atoms with van der Waals surface area (Å²) in [4.78, 5) is 7.50. The fourth-order valence-corrected chi connectivity index (χ4v) is 5.39. The molecular formula is C21H43N5O3S. The maximum absolute atomic E-state index is 11.7. The molecule has 0 aromatic heterocycles. The van der Waals surface area contributed by atoms with Gasteiger partial charge in [0.25, 0.3) is 0 Å². The first-order valence-corrected chi connectivity index (χ1v) is 13.5. The fourth-order valence-electron chi connectivity index (χ4n) is 4.52. The quantitative estimate of drug-likeness (QED) is 0.390. The minimum atomic E-state index is -3.07. The lowest BCUT2D eigenvalue weighted by Gasteiger charge is -2.38. The largest absolute Gasteiger partial charge is 0.379 e. The fraction of sp³-hybridized carbons (Fsp3) is 0.952. The van der Waals surface area contributed by atoms with Crippen molar-refractivity contribution in [1.82, 2.24) is 19.8 Å². The number of aliphatic imine (C=N–C) groups is 1. The lowest BCUT2D eigenvalue weighted by Crippen LogP contribution is -2.49. The van der Waals surface area contributed by atoms with E-state index in [1.54, 1.807) is 4.31 Å². The second kappa shape index (κ2) is 12.8. The maximum Gasteiger partial charge on any atom is 0.211 e. The lowest BCUT2D eigenvalue weighted by molar-refractivity contribution is 0.00395. The third-order valence-corrected chi connectivity index (χ3v) is 7.79. The zero-order chi connectivity index (χ0) is 22.0. The van der Waals surface area contributed by atoms with E-state index in [1.807, 2.05) is 0 Å². The van der Waals surface area contributed by atoms with Gasteiger partial charge in [-0.1, -0.05) is 26.7 Å². The van der Waals surface area contributed by atoms with Crippen molar-refractivity contribution in [2.24, 2.45) is 16.8 Å². The molecule has 2 rings (SSSR count). The van der Waals surface area contributed by atoms with Crippen molar-refractivity contribution in [3.8, 4) is 0 Å². The van der Waals surface area contributed by atoms with Crippen molar-refractivity contribution in [3.05, 3.63) is 0 Å². The summed E-state index contributed by atoms with van der Waals surface area (Å²) in [6.45, 7) is 13.9. The van der Waals surface area contributed by atoms with E-state index in [-0.39, 0.29) is 0 Å². The van der Waals surface area contributed by atoms with Gasteiger partial charge in [-0.15, -0.1) is 0 Å². The van der Waals surface area contributed by atoms with Crippen LogP contribution in [0.4, 0.5) is 0 Å². The Hall–Kier alpha value is -0.900. The van der Waals surface area contributed by atoms with Crippen LogP contribution in [0.5, 0.6) is 0 Å². The molecule has 2 aliphatic heterocycles. The molecule has 0 aliphatic carbocycles. The topological polar surface area (TPSA) is 86.3 Å². The molecule has 0 radical (unpaired) electrons. The number of hydrogen-bond acceptors (Lipinski definition) is 5. The van der Waals surface area contributed by atoms with Crippen LogP contribution in [0, 0.1) is 11.8 Å². The molecular weight excluding hydrogens is 402 g/mol. The first-order chi connectivity index (χ1) is 14.4. The Kier molecular flexibility index (Phi) is 10.8. The van der Waals surface area contributed by atoms with Crippen LogP contribution in [0.15, 0.2) is 4.99 Å². The van der Waals surface area contributed by atoms with E-state index in [4.69, 9.17) is 9.73 Å². The van der Waals surface area contributed by atoms with Crippen molar-refractivity contribution >= 4 is 16.0 Å². The van der Waals surface area contributed by atoms with Gasteiger partial charge in [-0.2, -0.15) is 0 Å². The second-order valence-electron chi connectivity index (χ2n) is 8.50. The van der Waals surface area contributed by atoms with Crippen molar-refractivity contribution in [1.29, 1.82) is 0 Å². The van der Waals surface area contributed by atoms with Crippen LogP contribution in [-0.4, -0.2) is 94.9 Å². The van der Waals surface area contributed by atoms with Gasteiger partial charge in [-0.05, 0) is 31.6 Å². The predicted octanol–water partition coefficient (Wildman–Crippen LogP) is 1.35. The van der Waals surface area contributed by atoms with Crippen molar-refractivity contribution < 1.29 is 13.2 Å². The summed E-state index contributed by atoms with van der Waals surface area (Å²) in [5.41, 5.74) is 0. The third kappa shape index (κ3) is 7.98. The van der Waals surface area contributed by atoms with Crippen LogP contribution in [0.1, 0.15) is 46.5 Å². The highest BCUT2D eigenvalue weighted by atomic mass is 32.2. The number of morpholine rings is 1. The van der Waals surface area contributed by atoms with Gasteiger partial charge < -0.3 is 15.4 Å². The van der Waals surface area contributed by atoms with Gasteiger partial charge in [0.05, 0.1) is 26.0 Å². The van der Waals surface area contributed by atoms with Crippen LogP contribution in [-0.2, 0) is 14.8 Å². The van der Waals surface area contributed by atoms with Gasteiger partial charge in [-0.3, -0.25) is 9.89 Å². The number of hydrogen-bond donors (Lipinski definition) is 2. The summed E-state index contributed by atoms with van der Waals surface area (Å²) in [7, 11) is -3.07. The Morgan fingerprint density at radius 3 is 2.23 bits per heavy atom. The van der Waals surface area contributed by atoms with Gasteiger partial charge in [0, 0.05) is 45.3 Å². The Bertz CT molecular complexity index is 610. The van der Waals surface area contributed by atoms with Crippen molar-refractivity contribution in [2.75, 3.05) is 65.3 Å². The van der Waals surface area contributed by atoms with Crippen LogP contribution in [0.2, 0.25) is 0 Å². The number of nitrogens with one attached hydrogen (secondary N) is 2. The lowest BCUT2D eigenvalue weighted by atomic mass is 9.92. The van der Waals surface area contributed by atoms with Gasteiger partial charge in [0.15, 0.2) is 5.96 Å². The molecule has 1 unspecified atom stereocenters. The molecule has 2 N–H and O–H groups in total. The van der Waals surface area contributed by atoms with Crippen molar-refractivity contribution in [2.45, 2.75) is 52.5 Å². The molecule has 2 fully saturated rings. The maximum atomic E-state index is 11.7. The number of rotatable bonds is 10. The molecule has 176 valence electrons. The summed E-state index contributed by atoms with van der Waals surface area (Å²) in [5, 5.41) is 6.88. The highest BCUT2D eigenvalue weighted by molar-refractivity contribution is 7.88. The summed E-state index contributed by atoms with van der Waals surface area (Å²) in [6, 6.07) is 0.442. The molecule has 30 heavy (non-hydrogen) atoms. The van der Waals surface area contributed by atoms with Crippen LogP contribution in [0.3, 0.4) is 0 Å². The highest BCUT2D eigenvalue weighted by Gasteiger charge is 2.27. The third-order valence-electron chi connectivity index (χ3n) is 6.49. The van der Waals surface area contributed by atoms with Crippen molar-refractivity contribution in [3.63, 3.8) is 0 Å². The Balaban J connectivity index is 1.92. The van der Waals surface area contributed by atoms with Gasteiger partial charge in [-0.25, -0.2) is 12.7 Å². The predicted molar refractivity (Wildman–Crippen MR) is 123 cm³/mol. The molecule has 0 aromatic rings.